The molecule has 0 fully saturated rings. The maximum Gasteiger partial charge on any atom is 0.171 e. The summed E-state index contributed by atoms with van der Waals surface area (Å²) in [5.41, 5.74) is 4.64. The third-order valence-electron chi connectivity index (χ3n) is 4.17. The molecule has 0 aromatic heterocycles. The SMILES string of the molecule is CCC(NC(=S)Nc1cc(Cl)ccc1C)c1ccc(C(C)C)cc1. The van der Waals surface area contributed by atoms with Crippen molar-refractivity contribution in [3.8, 4) is 0 Å². The summed E-state index contributed by atoms with van der Waals surface area (Å²) in [6.07, 6.45) is 0.956. The Morgan fingerprint density at radius 2 is 1.71 bits per heavy atom. The summed E-state index contributed by atoms with van der Waals surface area (Å²) in [7, 11) is 0. The van der Waals surface area contributed by atoms with E-state index in [4.69, 9.17) is 23.8 Å². The zero-order valence-electron chi connectivity index (χ0n) is 14.7. The third-order valence-corrected chi connectivity index (χ3v) is 4.62. The van der Waals surface area contributed by atoms with E-state index in [0.29, 0.717) is 16.1 Å². The van der Waals surface area contributed by atoms with Gasteiger partial charge in [0.15, 0.2) is 5.11 Å². The summed E-state index contributed by atoms with van der Waals surface area (Å²) in [5.74, 6) is 0.542. The molecule has 2 aromatic carbocycles. The molecule has 2 N–H and O–H groups in total. The van der Waals surface area contributed by atoms with E-state index in [-0.39, 0.29) is 6.04 Å². The molecule has 0 spiro atoms. The summed E-state index contributed by atoms with van der Waals surface area (Å²) in [6.45, 7) is 8.60. The molecule has 24 heavy (non-hydrogen) atoms. The maximum absolute atomic E-state index is 6.07. The second kappa shape index (κ2) is 8.50. The third kappa shape index (κ3) is 4.96. The summed E-state index contributed by atoms with van der Waals surface area (Å²) < 4.78 is 0. The van der Waals surface area contributed by atoms with Gasteiger partial charge in [0.1, 0.15) is 0 Å². The molecule has 0 radical (unpaired) electrons. The summed E-state index contributed by atoms with van der Waals surface area (Å²) in [5, 5.41) is 7.96. The lowest BCUT2D eigenvalue weighted by Crippen LogP contribution is -2.32. The molecule has 2 rings (SSSR count). The molecule has 0 heterocycles. The Kier molecular flexibility index (Phi) is 6.64. The minimum Gasteiger partial charge on any atom is -0.356 e. The molecule has 128 valence electrons. The monoisotopic (exact) mass is 360 g/mol. The molecule has 4 heteroatoms. The Balaban J connectivity index is 2.06. The molecular formula is C20H25ClN2S. The summed E-state index contributed by atoms with van der Waals surface area (Å²) >= 11 is 11.5. The second-order valence-corrected chi connectivity index (χ2v) is 7.18. The predicted octanol–water partition coefficient (Wildman–Crippen LogP) is 6.21. The molecule has 0 amide bonds. The summed E-state index contributed by atoms with van der Waals surface area (Å²) in [6, 6.07) is 14.7. The largest absolute Gasteiger partial charge is 0.356 e. The van der Waals surface area contributed by atoms with Gasteiger partial charge in [0.25, 0.3) is 0 Å². The molecule has 0 bridgehead atoms. The average Bonchev–Trinajstić information content (AvgIpc) is 2.56. The molecule has 1 unspecified atom stereocenters. The van der Waals surface area contributed by atoms with Crippen LogP contribution in [0.5, 0.6) is 0 Å². The smallest absolute Gasteiger partial charge is 0.171 e. The number of nitrogens with one attached hydrogen (secondary N) is 2. The number of rotatable bonds is 5. The predicted molar refractivity (Wildman–Crippen MR) is 109 cm³/mol. The molecule has 0 saturated heterocycles. The van der Waals surface area contributed by atoms with E-state index >= 15 is 0 Å². The van der Waals surface area contributed by atoms with Gasteiger partial charge in [0.05, 0.1) is 6.04 Å². The van der Waals surface area contributed by atoms with Crippen molar-refractivity contribution in [3.63, 3.8) is 0 Å². The van der Waals surface area contributed by atoms with Gasteiger partial charge in [-0.25, -0.2) is 0 Å². The highest BCUT2D eigenvalue weighted by molar-refractivity contribution is 7.80. The van der Waals surface area contributed by atoms with Crippen LogP contribution in [0.4, 0.5) is 5.69 Å². The summed E-state index contributed by atoms with van der Waals surface area (Å²) in [4.78, 5) is 0. The highest BCUT2D eigenvalue weighted by Gasteiger charge is 2.12. The van der Waals surface area contributed by atoms with Crippen LogP contribution in [-0.4, -0.2) is 5.11 Å². The van der Waals surface area contributed by atoms with Crippen molar-refractivity contribution < 1.29 is 0 Å². The molecule has 0 aliphatic rings. The van der Waals surface area contributed by atoms with Crippen LogP contribution < -0.4 is 10.6 Å². The molecule has 1 atom stereocenters. The average molecular weight is 361 g/mol. The first kappa shape index (κ1) is 18.8. The van der Waals surface area contributed by atoms with Crippen LogP contribution in [0.25, 0.3) is 0 Å². The number of anilines is 1. The number of halogens is 1. The second-order valence-electron chi connectivity index (χ2n) is 6.34. The molecule has 0 aliphatic heterocycles. The highest BCUT2D eigenvalue weighted by atomic mass is 35.5. The number of hydrogen-bond acceptors (Lipinski definition) is 1. The fourth-order valence-corrected chi connectivity index (χ4v) is 3.00. The van der Waals surface area contributed by atoms with Gasteiger partial charge in [-0.3, -0.25) is 0 Å². The van der Waals surface area contributed by atoms with Gasteiger partial charge in [-0.2, -0.15) is 0 Å². The minimum atomic E-state index is 0.186. The van der Waals surface area contributed by atoms with E-state index < -0.39 is 0 Å². The number of aryl methyl sites for hydroxylation is 1. The minimum absolute atomic E-state index is 0.186. The van der Waals surface area contributed by atoms with Crippen molar-refractivity contribution in [2.45, 2.75) is 46.1 Å². The van der Waals surface area contributed by atoms with E-state index in [0.717, 1.165) is 17.7 Å². The van der Waals surface area contributed by atoms with Gasteiger partial charge in [-0.15, -0.1) is 0 Å². The molecule has 2 nitrogen and oxygen atoms in total. The fourth-order valence-electron chi connectivity index (χ4n) is 2.58. The van der Waals surface area contributed by atoms with Crippen molar-refractivity contribution in [1.82, 2.24) is 5.32 Å². The standard InChI is InChI=1S/C20H25ClN2S/c1-5-18(16-9-7-15(8-10-16)13(2)3)22-20(24)23-19-12-17(21)11-6-14(19)4/h6-13,18H,5H2,1-4H3,(H2,22,23,24). The first-order chi connectivity index (χ1) is 11.4. The molecular weight excluding hydrogens is 336 g/mol. The molecule has 2 aromatic rings. The van der Waals surface area contributed by atoms with E-state index in [2.05, 4.69) is 55.7 Å². The van der Waals surface area contributed by atoms with Gasteiger partial charge in [0, 0.05) is 10.7 Å². The van der Waals surface area contributed by atoms with Crippen LogP contribution in [0.15, 0.2) is 42.5 Å². The zero-order valence-corrected chi connectivity index (χ0v) is 16.3. The maximum atomic E-state index is 6.07. The first-order valence-electron chi connectivity index (χ1n) is 8.34. The lowest BCUT2D eigenvalue weighted by atomic mass is 9.98. The molecule has 0 aliphatic carbocycles. The van der Waals surface area contributed by atoms with Crippen molar-refractivity contribution in [2.75, 3.05) is 5.32 Å². The van der Waals surface area contributed by atoms with Crippen molar-refractivity contribution in [1.29, 1.82) is 0 Å². The lowest BCUT2D eigenvalue weighted by molar-refractivity contribution is 0.628. The van der Waals surface area contributed by atoms with Gasteiger partial charge in [-0.05, 0) is 60.3 Å². The van der Waals surface area contributed by atoms with Gasteiger partial charge >= 0.3 is 0 Å². The fraction of sp³-hybridized carbons (Fsp3) is 0.350. The van der Waals surface area contributed by atoms with E-state index in [1.165, 1.54) is 11.1 Å². The van der Waals surface area contributed by atoms with Crippen LogP contribution in [0.3, 0.4) is 0 Å². The Hall–Kier alpha value is -1.58. The Morgan fingerprint density at radius 1 is 1.08 bits per heavy atom. The number of benzene rings is 2. The van der Waals surface area contributed by atoms with Crippen LogP contribution in [0, 0.1) is 6.92 Å². The van der Waals surface area contributed by atoms with Crippen LogP contribution in [0.1, 0.15) is 55.8 Å². The van der Waals surface area contributed by atoms with Crippen LogP contribution in [0.2, 0.25) is 5.02 Å². The van der Waals surface area contributed by atoms with Crippen molar-refractivity contribution >= 4 is 34.6 Å². The van der Waals surface area contributed by atoms with Gasteiger partial charge in [0.2, 0.25) is 0 Å². The number of thiocarbonyl (C=S) groups is 1. The first-order valence-corrected chi connectivity index (χ1v) is 9.12. The Labute approximate surface area is 155 Å². The topological polar surface area (TPSA) is 24.1 Å². The van der Waals surface area contributed by atoms with E-state index in [1.54, 1.807) is 0 Å². The zero-order chi connectivity index (χ0) is 17.7. The Morgan fingerprint density at radius 3 is 2.29 bits per heavy atom. The van der Waals surface area contributed by atoms with Gasteiger partial charge in [-0.1, -0.05) is 62.7 Å². The number of hydrogen-bond donors (Lipinski definition) is 2. The van der Waals surface area contributed by atoms with Crippen LogP contribution in [-0.2, 0) is 0 Å². The van der Waals surface area contributed by atoms with Gasteiger partial charge < -0.3 is 10.6 Å². The molecule has 0 saturated carbocycles. The highest BCUT2D eigenvalue weighted by Crippen LogP contribution is 2.22. The lowest BCUT2D eigenvalue weighted by Gasteiger charge is -2.21. The van der Waals surface area contributed by atoms with E-state index in [1.807, 2.05) is 25.1 Å². The van der Waals surface area contributed by atoms with E-state index in [9.17, 15) is 0 Å². The Bertz CT molecular complexity index is 695. The van der Waals surface area contributed by atoms with Crippen LogP contribution >= 0.6 is 23.8 Å². The normalized spacial score (nSPS) is 12.1. The quantitative estimate of drug-likeness (QED) is 0.620. The van der Waals surface area contributed by atoms with Crippen molar-refractivity contribution in [2.24, 2.45) is 0 Å². The van der Waals surface area contributed by atoms with Crippen molar-refractivity contribution in [3.05, 3.63) is 64.2 Å².